The van der Waals surface area contributed by atoms with E-state index in [1.54, 1.807) is 23.0 Å². The number of alkyl halides is 3. The maximum Gasteiger partial charge on any atom is 0.422 e. The molecular weight excluding hydrogens is 391 g/mol. The number of aliphatic hydroxyl groups excluding tert-OH is 1. The van der Waals surface area contributed by atoms with Crippen molar-refractivity contribution < 1.29 is 27.8 Å². The molecule has 1 amide bonds. The van der Waals surface area contributed by atoms with Gasteiger partial charge in [-0.25, -0.2) is 4.98 Å². The molecule has 0 fully saturated rings. The van der Waals surface area contributed by atoms with Crippen LogP contribution in [0, 0.1) is 0 Å². The Morgan fingerprint density at radius 3 is 2.76 bits per heavy atom. The Hall–Kier alpha value is -3.21. The van der Waals surface area contributed by atoms with Crippen LogP contribution in [0.4, 0.5) is 13.2 Å². The van der Waals surface area contributed by atoms with Crippen molar-refractivity contribution in [1.82, 2.24) is 25.1 Å². The van der Waals surface area contributed by atoms with E-state index in [0.717, 1.165) is 0 Å². The van der Waals surface area contributed by atoms with E-state index >= 15 is 0 Å². The molecule has 154 valence electrons. The Balaban J connectivity index is 1.71. The van der Waals surface area contributed by atoms with Crippen molar-refractivity contribution in [3.8, 4) is 5.88 Å². The number of aliphatic hydroxyl groups is 1. The lowest BCUT2D eigenvalue weighted by atomic mass is 10.2. The largest absolute Gasteiger partial charge is 0.468 e. The Bertz CT molecular complexity index is 973. The van der Waals surface area contributed by atoms with Crippen LogP contribution in [-0.2, 0) is 6.54 Å². The molecule has 3 rings (SSSR count). The minimum atomic E-state index is -4.42. The molecule has 2 N–H and O–H groups in total. The zero-order valence-electron chi connectivity index (χ0n) is 15.2. The second-order valence-electron chi connectivity index (χ2n) is 6.16. The maximum absolute atomic E-state index is 12.3. The van der Waals surface area contributed by atoms with E-state index in [4.69, 9.17) is 5.11 Å². The second-order valence-corrected chi connectivity index (χ2v) is 6.16. The van der Waals surface area contributed by atoms with Crippen molar-refractivity contribution in [3.05, 3.63) is 48.0 Å². The topological polar surface area (TPSA) is 102 Å². The van der Waals surface area contributed by atoms with Gasteiger partial charge in [0.2, 0.25) is 5.88 Å². The first-order valence-electron chi connectivity index (χ1n) is 8.71. The fourth-order valence-corrected chi connectivity index (χ4v) is 2.55. The third-order valence-electron chi connectivity index (χ3n) is 3.84. The molecule has 29 heavy (non-hydrogen) atoms. The molecule has 0 radical (unpaired) electrons. The molecule has 3 aromatic rings. The standard InChI is InChI=1S/C18H18F3N5O3/c19-18(20,21)11-29-15-3-2-12(8-24-15)9-26-10-13-14(25-26)4-6-22-16(13)17(28)23-5-1-7-27/h2-4,6,8,10,27H,1,5,7,9,11H2,(H,23,28). The summed E-state index contributed by atoms with van der Waals surface area (Å²) in [5, 5.41) is 16.4. The number of ether oxygens (including phenoxy) is 1. The Labute approximate surface area is 163 Å². The Morgan fingerprint density at radius 2 is 2.07 bits per heavy atom. The molecule has 0 aliphatic carbocycles. The first-order chi connectivity index (χ1) is 13.9. The quantitative estimate of drug-likeness (QED) is 0.552. The summed E-state index contributed by atoms with van der Waals surface area (Å²) in [5.41, 5.74) is 1.49. The highest BCUT2D eigenvalue weighted by Crippen LogP contribution is 2.18. The number of halogens is 3. The number of nitrogens with zero attached hydrogens (tertiary/aromatic N) is 4. The first-order valence-corrected chi connectivity index (χ1v) is 8.71. The van der Waals surface area contributed by atoms with Crippen LogP contribution in [0.3, 0.4) is 0 Å². The van der Waals surface area contributed by atoms with Crippen molar-refractivity contribution in [3.63, 3.8) is 0 Å². The van der Waals surface area contributed by atoms with Crippen LogP contribution in [0.25, 0.3) is 10.9 Å². The lowest BCUT2D eigenvalue weighted by Gasteiger charge is -2.08. The van der Waals surface area contributed by atoms with Crippen LogP contribution in [-0.4, -0.2) is 56.7 Å². The van der Waals surface area contributed by atoms with Crippen LogP contribution in [0.1, 0.15) is 22.5 Å². The number of hydrogen-bond donors (Lipinski definition) is 2. The number of nitrogens with one attached hydrogen (secondary N) is 1. The molecule has 3 aromatic heterocycles. The third-order valence-corrected chi connectivity index (χ3v) is 3.84. The summed E-state index contributed by atoms with van der Waals surface area (Å²) in [5.74, 6) is -0.487. The highest BCUT2D eigenvalue weighted by molar-refractivity contribution is 6.04. The van der Waals surface area contributed by atoms with Crippen molar-refractivity contribution in [1.29, 1.82) is 0 Å². The van der Waals surface area contributed by atoms with E-state index in [2.05, 4.69) is 25.1 Å². The molecule has 0 atom stereocenters. The molecule has 0 bridgehead atoms. The van der Waals surface area contributed by atoms with Gasteiger partial charge in [-0.1, -0.05) is 6.07 Å². The summed E-state index contributed by atoms with van der Waals surface area (Å²) in [6.07, 6.45) is 0.563. The molecule has 0 aromatic carbocycles. The number of rotatable bonds is 8. The van der Waals surface area contributed by atoms with Crippen molar-refractivity contribution in [2.24, 2.45) is 0 Å². The van der Waals surface area contributed by atoms with E-state index < -0.39 is 12.8 Å². The van der Waals surface area contributed by atoms with Gasteiger partial charge in [-0.05, 0) is 18.1 Å². The lowest BCUT2D eigenvalue weighted by Crippen LogP contribution is -2.26. The number of carbonyl (C=O) groups excluding carboxylic acids is 1. The predicted octanol–water partition coefficient (Wildman–Crippen LogP) is 1.93. The SMILES string of the molecule is O=C(NCCCO)c1nccc2nn(Cc3ccc(OCC(F)(F)F)nc3)cc12. The van der Waals surface area contributed by atoms with Crippen molar-refractivity contribution in [2.45, 2.75) is 19.1 Å². The Morgan fingerprint density at radius 1 is 1.24 bits per heavy atom. The summed E-state index contributed by atoms with van der Waals surface area (Å²) in [6.45, 7) is -0.799. The molecule has 0 spiro atoms. The lowest BCUT2D eigenvalue weighted by molar-refractivity contribution is -0.154. The molecule has 0 saturated carbocycles. The Kier molecular flexibility index (Phi) is 6.27. The molecule has 0 aliphatic rings. The van der Waals surface area contributed by atoms with Crippen LogP contribution >= 0.6 is 0 Å². The highest BCUT2D eigenvalue weighted by atomic mass is 19.4. The average Bonchev–Trinajstić information content (AvgIpc) is 3.09. The maximum atomic E-state index is 12.3. The van der Waals surface area contributed by atoms with Crippen LogP contribution in [0.5, 0.6) is 5.88 Å². The predicted molar refractivity (Wildman–Crippen MR) is 96.5 cm³/mol. The zero-order chi connectivity index (χ0) is 20.9. The molecule has 0 saturated heterocycles. The summed E-state index contributed by atoms with van der Waals surface area (Å²) in [6, 6.07) is 4.61. The van der Waals surface area contributed by atoms with Crippen molar-refractivity contribution in [2.75, 3.05) is 19.8 Å². The highest BCUT2D eigenvalue weighted by Gasteiger charge is 2.28. The van der Waals surface area contributed by atoms with Gasteiger partial charge >= 0.3 is 6.18 Å². The summed E-state index contributed by atoms with van der Waals surface area (Å²) in [4.78, 5) is 20.2. The first kappa shape index (κ1) is 20.5. The molecule has 8 nitrogen and oxygen atoms in total. The third kappa shape index (κ3) is 5.64. The van der Waals surface area contributed by atoms with E-state index in [1.807, 2.05) is 0 Å². The van der Waals surface area contributed by atoms with E-state index in [0.29, 0.717) is 36.0 Å². The summed E-state index contributed by atoms with van der Waals surface area (Å²) in [7, 11) is 0. The van der Waals surface area contributed by atoms with E-state index in [1.165, 1.54) is 18.5 Å². The van der Waals surface area contributed by atoms with E-state index in [-0.39, 0.29) is 24.1 Å². The van der Waals surface area contributed by atoms with Crippen molar-refractivity contribution >= 4 is 16.8 Å². The summed E-state index contributed by atoms with van der Waals surface area (Å²) < 4.78 is 42.7. The second kappa shape index (κ2) is 8.86. The fourth-order valence-electron chi connectivity index (χ4n) is 2.55. The van der Waals surface area contributed by atoms with Crippen LogP contribution < -0.4 is 10.1 Å². The normalized spacial score (nSPS) is 11.6. The zero-order valence-corrected chi connectivity index (χ0v) is 15.2. The molecule has 0 unspecified atom stereocenters. The van der Waals surface area contributed by atoms with Crippen LogP contribution in [0.2, 0.25) is 0 Å². The molecular formula is C18H18F3N5O3. The smallest absolute Gasteiger partial charge is 0.422 e. The molecule has 11 heteroatoms. The fraction of sp³-hybridized carbons (Fsp3) is 0.333. The number of amides is 1. The number of carbonyl (C=O) groups is 1. The van der Waals surface area contributed by atoms with Crippen LogP contribution in [0.15, 0.2) is 36.8 Å². The number of aromatic nitrogens is 4. The van der Waals surface area contributed by atoms with Gasteiger partial charge in [0, 0.05) is 37.8 Å². The van der Waals surface area contributed by atoms with Gasteiger partial charge in [0.15, 0.2) is 6.61 Å². The van der Waals surface area contributed by atoms with Gasteiger partial charge in [0.05, 0.1) is 17.4 Å². The minimum absolute atomic E-state index is 0.0239. The molecule has 0 aliphatic heterocycles. The minimum Gasteiger partial charge on any atom is -0.468 e. The van der Waals surface area contributed by atoms with Gasteiger partial charge < -0.3 is 15.2 Å². The monoisotopic (exact) mass is 409 g/mol. The molecule has 3 heterocycles. The van der Waals surface area contributed by atoms with Gasteiger partial charge in [0.1, 0.15) is 5.69 Å². The van der Waals surface area contributed by atoms with Gasteiger partial charge in [0.25, 0.3) is 5.91 Å². The summed E-state index contributed by atoms with van der Waals surface area (Å²) >= 11 is 0. The van der Waals surface area contributed by atoms with Gasteiger partial charge in [-0.2, -0.15) is 18.3 Å². The van der Waals surface area contributed by atoms with Gasteiger partial charge in [-0.15, -0.1) is 0 Å². The average molecular weight is 409 g/mol. The number of pyridine rings is 2. The number of hydrogen-bond acceptors (Lipinski definition) is 6. The van der Waals surface area contributed by atoms with Gasteiger partial charge in [-0.3, -0.25) is 14.5 Å². The van der Waals surface area contributed by atoms with E-state index in [9.17, 15) is 18.0 Å². The number of fused-ring (bicyclic) bond motifs is 1.